The van der Waals surface area contributed by atoms with Crippen molar-refractivity contribution in [3.63, 3.8) is 0 Å². The topological polar surface area (TPSA) is 103 Å². The highest BCUT2D eigenvalue weighted by Crippen LogP contribution is 2.41. The maximum Gasteiger partial charge on any atom is 0.282 e. The van der Waals surface area contributed by atoms with Crippen LogP contribution in [0.2, 0.25) is 0 Å². The predicted molar refractivity (Wildman–Crippen MR) is 138 cm³/mol. The summed E-state index contributed by atoms with van der Waals surface area (Å²) in [6.07, 6.45) is 0.129. The van der Waals surface area contributed by atoms with Crippen molar-refractivity contribution in [3.05, 3.63) is 106 Å². The second-order valence-corrected chi connectivity index (χ2v) is 9.82. The highest BCUT2D eigenvalue weighted by Gasteiger charge is 2.31. The van der Waals surface area contributed by atoms with Gasteiger partial charge in [0.2, 0.25) is 5.91 Å². The number of hydrogen-bond donors (Lipinski definition) is 2. The molecule has 2 amide bonds. The normalized spacial score (nSPS) is 13.8. The predicted octanol–water partition coefficient (Wildman–Crippen LogP) is 5.38. The average molecular weight is 570 g/mol. The number of nitrogens with two attached hydrogens (primary N) is 1. The minimum absolute atomic E-state index is 0.0363. The number of nitrogens with one attached hydrogen (secondary N) is 1. The van der Waals surface area contributed by atoms with Crippen molar-refractivity contribution < 1.29 is 31.5 Å². The van der Waals surface area contributed by atoms with E-state index in [1.165, 1.54) is 29.1 Å². The number of carbonyl (C=O) groups is 2. The molecule has 41 heavy (non-hydrogen) atoms. The van der Waals surface area contributed by atoms with Crippen molar-refractivity contribution in [1.29, 1.82) is 0 Å². The van der Waals surface area contributed by atoms with Crippen LogP contribution in [0.5, 0.6) is 0 Å². The summed E-state index contributed by atoms with van der Waals surface area (Å²) >= 11 is 0. The van der Waals surface area contributed by atoms with Crippen LogP contribution < -0.4 is 11.1 Å². The van der Waals surface area contributed by atoms with E-state index in [1.807, 2.05) is 0 Å². The smallest absolute Gasteiger partial charge is 0.282 e. The van der Waals surface area contributed by atoms with Crippen LogP contribution in [0.25, 0.3) is 11.1 Å². The molecule has 0 aliphatic heterocycles. The van der Waals surface area contributed by atoms with Gasteiger partial charge in [-0.2, -0.15) is 5.10 Å². The van der Waals surface area contributed by atoms with Gasteiger partial charge in [0.15, 0.2) is 0 Å². The van der Waals surface area contributed by atoms with E-state index in [0.29, 0.717) is 22.9 Å². The number of primary amides is 1. The van der Waals surface area contributed by atoms with Crippen LogP contribution in [-0.4, -0.2) is 26.6 Å². The second-order valence-electron chi connectivity index (χ2n) is 9.82. The van der Waals surface area contributed by atoms with Gasteiger partial charge in [-0.15, -0.1) is 0 Å². The minimum atomic E-state index is -2.80. The molecule has 7 nitrogen and oxygen atoms in total. The lowest BCUT2D eigenvalue weighted by Gasteiger charge is -2.22. The fraction of sp³-hybridized carbons (Fsp3) is 0.241. The van der Waals surface area contributed by atoms with Crippen LogP contribution in [0.1, 0.15) is 64.2 Å². The number of pyridine rings is 1. The van der Waals surface area contributed by atoms with E-state index in [1.54, 1.807) is 12.1 Å². The van der Waals surface area contributed by atoms with Crippen molar-refractivity contribution in [2.24, 2.45) is 5.73 Å². The molecule has 5 rings (SSSR count). The number of amides is 2. The number of benzene rings is 2. The Bertz CT molecular complexity index is 1600. The zero-order chi connectivity index (χ0) is 29.3. The van der Waals surface area contributed by atoms with E-state index in [0.717, 1.165) is 31.0 Å². The summed E-state index contributed by atoms with van der Waals surface area (Å²) in [6, 6.07) is 10.2. The molecule has 1 aliphatic rings. The Morgan fingerprint density at radius 1 is 1.02 bits per heavy atom. The number of rotatable bonds is 10. The van der Waals surface area contributed by atoms with E-state index in [-0.39, 0.29) is 35.7 Å². The molecule has 4 aromatic rings. The fourth-order valence-corrected chi connectivity index (χ4v) is 4.77. The van der Waals surface area contributed by atoms with Crippen molar-refractivity contribution in [3.8, 4) is 11.1 Å². The van der Waals surface area contributed by atoms with Crippen molar-refractivity contribution >= 4 is 11.8 Å². The maximum atomic E-state index is 14.2. The summed E-state index contributed by atoms with van der Waals surface area (Å²) in [5.41, 5.74) is 6.27. The van der Waals surface area contributed by atoms with Crippen LogP contribution in [-0.2, 0) is 17.8 Å². The fourth-order valence-electron chi connectivity index (χ4n) is 4.77. The molecule has 3 N–H and O–H groups in total. The van der Waals surface area contributed by atoms with Crippen LogP contribution in [0.15, 0.2) is 60.8 Å². The van der Waals surface area contributed by atoms with Gasteiger partial charge in [0.1, 0.15) is 29.7 Å². The monoisotopic (exact) mass is 569 g/mol. The second kappa shape index (κ2) is 11.5. The molecule has 0 saturated heterocycles. The maximum absolute atomic E-state index is 14.2. The van der Waals surface area contributed by atoms with Crippen molar-refractivity contribution in [2.75, 3.05) is 0 Å². The molecule has 2 aromatic heterocycles. The summed E-state index contributed by atoms with van der Waals surface area (Å²) in [4.78, 5) is 29.4. The largest absolute Gasteiger partial charge is 0.366 e. The van der Waals surface area contributed by atoms with Crippen LogP contribution in [0.4, 0.5) is 22.0 Å². The summed E-state index contributed by atoms with van der Waals surface area (Å²) < 4.78 is 70.2. The van der Waals surface area contributed by atoms with E-state index >= 15 is 0 Å². The van der Waals surface area contributed by atoms with Gasteiger partial charge in [-0.1, -0.05) is 12.1 Å². The average Bonchev–Trinajstić information content (AvgIpc) is 3.67. The van der Waals surface area contributed by atoms with Gasteiger partial charge in [0.05, 0.1) is 17.3 Å². The zero-order valence-electron chi connectivity index (χ0n) is 21.5. The standard InChI is InChI=1S/C29H24F5N5O2/c30-18-8-15(9-19(31)12-18)10-23(37-26(40)14-39-25(16-3-4-16)13-24(38-39)28(33)34)27-20(2-1-7-36-27)17-5-6-22(32)21(11-17)29(35)41/h1-2,5-9,11-13,16,23,28H,3-4,10,14H2,(H2,35,41)(H,37,40)/t23-/m0/s1. The Morgan fingerprint density at radius 3 is 2.41 bits per heavy atom. The first-order valence-corrected chi connectivity index (χ1v) is 12.7. The molecule has 1 aliphatic carbocycles. The molecule has 1 saturated carbocycles. The van der Waals surface area contributed by atoms with Gasteiger partial charge >= 0.3 is 0 Å². The summed E-state index contributed by atoms with van der Waals surface area (Å²) in [5.74, 6) is -4.01. The van der Waals surface area contributed by atoms with Gasteiger partial charge in [-0.25, -0.2) is 22.0 Å². The van der Waals surface area contributed by atoms with Gasteiger partial charge in [0, 0.05) is 29.4 Å². The summed E-state index contributed by atoms with van der Waals surface area (Å²) in [6.45, 7) is -0.378. The Morgan fingerprint density at radius 2 is 1.76 bits per heavy atom. The highest BCUT2D eigenvalue weighted by atomic mass is 19.3. The third kappa shape index (κ3) is 6.42. The van der Waals surface area contributed by atoms with Crippen LogP contribution >= 0.6 is 0 Å². The summed E-state index contributed by atoms with van der Waals surface area (Å²) in [7, 11) is 0. The number of alkyl halides is 2. The molecule has 0 radical (unpaired) electrons. The van der Waals surface area contributed by atoms with Crippen LogP contribution in [0.3, 0.4) is 0 Å². The number of halogens is 5. The lowest BCUT2D eigenvalue weighted by atomic mass is 9.94. The lowest BCUT2D eigenvalue weighted by molar-refractivity contribution is -0.122. The molecule has 0 spiro atoms. The van der Waals surface area contributed by atoms with Crippen molar-refractivity contribution in [2.45, 2.75) is 44.2 Å². The molecule has 1 atom stereocenters. The first-order chi connectivity index (χ1) is 19.6. The molecule has 2 aromatic carbocycles. The molecule has 0 bridgehead atoms. The van der Waals surface area contributed by atoms with Gasteiger partial charge in [0.25, 0.3) is 12.3 Å². The Kier molecular flexibility index (Phi) is 7.82. The Balaban J connectivity index is 1.51. The van der Waals surface area contributed by atoms with Crippen molar-refractivity contribution in [1.82, 2.24) is 20.1 Å². The first-order valence-electron chi connectivity index (χ1n) is 12.7. The minimum Gasteiger partial charge on any atom is -0.366 e. The van der Waals surface area contributed by atoms with Gasteiger partial charge in [-0.3, -0.25) is 19.3 Å². The number of carbonyl (C=O) groups excluding carboxylic acids is 2. The molecule has 212 valence electrons. The lowest BCUT2D eigenvalue weighted by Crippen LogP contribution is -2.34. The van der Waals surface area contributed by atoms with E-state index < -0.39 is 47.4 Å². The quantitative estimate of drug-likeness (QED) is 0.251. The third-order valence-corrected chi connectivity index (χ3v) is 6.75. The first kappa shape index (κ1) is 27.9. The van der Waals surface area contributed by atoms with E-state index in [4.69, 9.17) is 5.73 Å². The molecule has 0 unspecified atom stereocenters. The number of aromatic nitrogens is 3. The Labute approximate surface area is 231 Å². The SMILES string of the molecule is NC(=O)c1cc(-c2cccnc2[C@H](Cc2cc(F)cc(F)c2)NC(=O)Cn2nc(C(F)F)cc2C2CC2)ccc1F. The number of hydrogen-bond acceptors (Lipinski definition) is 4. The molecule has 2 heterocycles. The summed E-state index contributed by atoms with van der Waals surface area (Å²) in [5, 5.41) is 6.70. The third-order valence-electron chi connectivity index (χ3n) is 6.75. The van der Waals surface area contributed by atoms with E-state index in [9.17, 15) is 31.5 Å². The molecular formula is C29H24F5N5O2. The Hall–Kier alpha value is -4.61. The zero-order valence-corrected chi connectivity index (χ0v) is 21.5. The molecule has 12 heteroatoms. The molecular weight excluding hydrogens is 545 g/mol. The van der Waals surface area contributed by atoms with Gasteiger partial charge in [-0.05, 0) is 66.8 Å². The van der Waals surface area contributed by atoms with Crippen LogP contribution in [0, 0.1) is 17.5 Å². The van der Waals surface area contributed by atoms with Gasteiger partial charge < -0.3 is 11.1 Å². The van der Waals surface area contributed by atoms with E-state index in [2.05, 4.69) is 15.4 Å². The molecule has 1 fully saturated rings. The number of nitrogens with zero attached hydrogens (tertiary/aromatic N) is 3. The highest BCUT2D eigenvalue weighted by molar-refractivity contribution is 5.94.